The number of fused-ring (bicyclic) bond motifs is 8. The Morgan fingerprint density at radius 3 is 1.64 bits per heavy atom. The van der Waals surface area contributed by atoms with Crippen molar-refractivity contribution in [3.8, 4) is 22.6 Å². The Bertz CT molecular complexity index is 2860. The summed E-state index contributed by atoms with van der Waals surface area (Å²) in [7, 11) is 0. The second-order valence-corrected chi connectivity index (χ2v) is 12.8. The molecule has 10 rings (SSSR count). The van der Waals surface area contributed by atoms with E-state index in [1.54, 1.807) is 0 Å². The first-order chi connectivity index (χ1) is 24.8. The first-order valence-corrected chi connectivity index (χ1v) is 17.0. The highest BCUT2D eigenvalue weighted by Crippen LogP contribution is 2.42. The second-order valence-electron chi connectivity index (χ2n) is 12.8. The summed E-state index contributed by atoms with van der Waals surface area (Å²) in [6.07, 6.45) is 0. The topological polar surface area (TPSA) is 29.3 Å². The molecule has 3 heteroatoms. The van der Waals surface area contributed by atoms with Crippen LogP contribution in [0.5, 0.6) is 0 Å². The van der Waals surface area contributed by atoms with Gasteiger partial charge in [-0.1, -0.05) is 127 Å². The average Bonchev–Trinajstić information content (AvgIpc) is 3.64. The number of anilines is 3. The molecule has 234 valence electrons. The summed E-state index contributed by atoms with van der Waals surface area (Å²) in [6, 6.07) is 64.7. The lowest BCUT2D eigenvalue weighted by Gasteiger charge is -2.27. The van der Waals surface area contributed by atoms with E-state index in [1.165, 1.54) is 32.7 Å². The van der Waals surface area contributed by atoms with E-state index in [9.17, 15) is 0 Å². The fourth-order valence-corrected chi connectivity index (χ4v) is 7.36. The Balaban J connectivity index is 1.20. The van der Waals surface area contributed by atoms with E-state index in [2.05, 4.69) is 157 Å². The predicted octanol–water partition coefficient (Wildman–Crippen LogP) is 13.2. The number of rotatable bonds is 5. The third-order valence-electron chi connectivity index (χ3n) is 9.84. The number of hydrogen-bond acceptors (Lipinski definition) is 3. The summed E-state index contributed by atoms with van der Waals surface area (Å²) in [5.74, 6) is 0.629. The van der Waals surface area contributed by atoms with Crippen LogP contribution in [0.1, 0.15) is 0 Å². The van der Waals surface area contributed by atoms with Gasteiger partial charge in [0.1, 0.15) is 5.52 Å². The van der Waals surface area contributed by atoms with Crippen LogP contribution >= 0.6 is 0 Å². The maximum absolute atomic E-state index is 6.56. The molecule has 0 aliphatic rings. The van der Waals surface area contributed by atoms with Crippen molar-refractivity contribution in [2.45, 2.75) is 0 Å². The molecule has 0 atom stereocenters. The van der Waals surface area contributed by atoms with E-state index < -0.39 is 0 Å². The van der Waals surface area contributed by atoms with Crippen LogP contribution in [-0.2, 0) is 0 Å². The van der Waals surface area contributed by atoms with Gasteiger partial charge in [0.15, 0.2) is 5.58 Å². The zero-order chi connectivity index (χ0) is 33.0. The van der Waals surface area contributed by atoms with Gasteiger partial charge >= 0.3 is 0 Å². The van der Waals surface area contributed by atoms with Gasteiger partial charge in [0.2, 0.25) is 5.89 Å². The van der Waals surface area contributed by atoms with Crippen LogP contribution in [0.2, 0.25) is 0 Å². The lowest BCUT2D eigenvalue weighted by molar-refractivity contribution is 0.623. The first kappa shape index (κ1) is 28.3. The zero-order valence-corrected chi connectivity index (χ0v) is 27.1. The SMILES string of the molecule is c1ccc(-c2ccc(N(c3ccc4ccc5ccccc5c4c3)c3ccc4ccc5ccc6nc(-c7ccccc7)oc6c5c4c3)cc2)cc1. The number of hydrogen-bond donors (Lipinski definition) is 0. The third kappa shape index (κ3) is 4.71. The highest BCUT2D eigenvalue weighted by atomic mass is 16.3. The van der Waals surface area contributed by atoms with Gasteiger partial charge in [-0.3, -0.25) is 0 Å². The second kappa shape index (κ2) is 11.5. The summed E-state index contributed by atoms with van der Waals surface area (Å²) in [6.45, 7) is 0. The van der Waals surface area contributed by atoms with Crippen LogP contribution in [0.3, 0.4) is 0 Å². The monoisotopic (exact) mass is 638 g/mol. The maximum Gasteiger partial charge on any atom is 0.227 e. The van der Waals surface area contributed by atoms with Crippen LogP contribution < -0.4 is 4.90 Å². The largest absolute Gasteiger partial charge is 0.435 e. The molecule has 0 aliphatic carbocycles. The van der Waals surface area contributed by atoms with E-state index in [-0.39, 0.29) is 0 Å². The molecule has 10 aromatic rings. The van der Waals surface area contributed by atoms with Crippen molar-refractivity contribution in [3.63, 3.8) is 0 Å². The zero-order valence-electron chi connectivity index (χ0n) is 27.1. The summed E-state index contributed by atoms with van der Waals surface area (Å²) in [5, 5.41) is 9.40. The summed E-state index contributed by atoms with van der Waals surface area (Å²) < 4.78 is 6.56. The highest BCUT2D eigenvalue weighted by Gasteiger charge is 2.18. The minimum atomic E-state index is 0.629. The lowest BCUT2D eigenvalue weighted by atomic mass is 9.99. The van der Waals surface area contributed by atoms with E-state index in [4.69, 9.17) is 9.40 Å². The highest BCUT2D eigenvalue weighted by molar-refractivity contribution is 6.19. The van der Waals surface area contributed by atoms with Crippen molar-refractivity contribution in [3.05, 3.63) is 182 Å². The molecule has 0 N–H and O–H groups in total. The van der Waals surface area contributed by atoms with Crippen molar-refractivity contribution in [1.29, 1.82) is 0 Å². The van der Waals surface area contributed by atoms with Crippen LogP contribution in [0.25, 0.3) is 76.8 Å². The number of benzene rings is 9. The molecule has 0 amide bonds. The van der Waals surface area contributed by atoms with Crippen LogP contribution in [0.4, 0.5) is 17.1 Å². The van der Waals surface area contributed by atoms with Crippen LogP contribution in [0.15, 0.2) is 186 Å². The van der Waals surface area contributed by atoms with Gasteiger partial charge < -0.3 is 9.32 Å². The van der Waals surface area contributed by atoms with Gasteiger partial charge in [-0.05, 0) is 103 Å². The van der Waals surface area contributed by atoms with Gasteiger partial charge in [0.25, 0.3) is 0 Å². The average molecular weight is 639 g/mol. The number of oxazole rings is 1. The quantitative estimate of drug-likeness (QED) is 0.176. The Hall–Kier alpha value is -6.71. The van der Waals surface area contributed by atoms with Gasteiger partial charge in [0, 0.05) is 28.0 Å². The molecule has 0 spiro atoms. The molecule has 0 saturated heterocycles. The molecule has 0 aliphatic heterocycles. The van der Waals surface area contributed by atoms with Crippen molar-refractivity contribution in [2.75, 3.05) is 4.90 Å². The minimum Gasteiger partial charge on any atom is -0.435 e. The Morgan fingerprint density at radius 2 is 0.900 bits per heavy atom. The minimum absolute atomic E-state index is 0.629. The van der Waals surface area contributed by atoms with Gasteiger partial charge in [-0.2, -0.15) is 0 Å². The van der Waals surface area contributed by atoms with Crippen molar-refractivity contribution in [1.82, 2.24) is 4.98 Å². The molecule has 50 heavy (non-hydrogen) atoms. The van der Waals surface area contributed by atoms with E-state index >= 15 is 0 Å². The maximum atomic E-state index is 6.56. The van der Waals surface area contributed by atoms with Gasteiger partial charge in [-0.15, -0.1) is 0 Å². The molecular weight excluding hydrogens is 609 g/mol. The molecule has 1 heterocycles. The first-order valence-electron chi connectivity index (χ1n) is 17.0. The summed E-state index contributed by atoms with van der Waals surface area (Å²) >= 11 is 0. The van der Waals surface area contributed by atoms with Crippen LogP contribution in [0, 0.1) is 0 Å². The van der Waals surface area contributed by atoms with Crippen molar-refractivity contribution < 1.29 is 4.42 Å². The standard InChI is InChI=1S/C47H30N2O/c1-3-9-31(10-4-1)32-19-24-38(25-20-32)49(39-26-21-34-16-15-33-11-7-8-14-41(33)42(34)29-39)40-27-22-35-17-18-36-23-28-44-46(45(36)43(35)30-40)50-47(48-44)37-12-5-2-6-13-37/h1-30H. The molecule has 0 fully saturated rings. The summed E-state index contributed by atoms with van der Waals surface area (Å²) in [5.41, 5.74) is 8.25. The smallest absolute Gasteiger partial charge is 0.227 e. The van der Waals surface area contributed by atoms with Crippen LogP contribution in [-0.4, -0.2) is 4.98 Å². The third-order valence-corrected chi connectivity index (χ3v) is 9.84. The van der Waals surface area contributed by atoms with Gasteiger partial charge in [-0.25, -0.2) is 4.98 Å². The molecule has 9 aromatic carbocycles. The fraction of sp³-hybridized carbons (Fsp3) is 0. The van der Waals surface area contributed by atoms with Crippen molar-refractivity contribution >= 4 is 71.3 Å². The van der Waals surface area contributed by atoms with E-state index in [0.29, 0.717) is 5.89 Å². The Labute approximate surface area is 289 Å². The predicted molar refractivity (Wildman–Crippen MR) is 210 cm³/mol. The van der Waals surface area contributed by atoms with Crippen molar-refractivity contribution in [2.24, 2.45) is 0 Å². The molecule has 0 bridgehead atoms. The fourth-order valence-electron chi connectivity index (χ4n) is 7.36. The summed E-state index contributed by atoms with van der Waals surface area (Å²) in [4.78, 5) is 7.27. The van der Waals surface area contributed by atoms with E-state index in [1.807, 2.05) is 30.3 Å². The number of nitrogens with zero attached hydrogens (tertiary/aromatic N) is 2. The molecule has 1 aromatic heterocycles. The molecule has 0 radical (unpaired) electrons. The molecule has 0 unspecified atom stereocenters. The molecule has 0 saturated carbocycles. The molecule has 3 nitrogen and oxygen atoms in total. The Kier molecular flexibility index (Phi) is 6.49. The molecular formula is C47H30N2O. The number of aromatic nitrogens is 1. The normalized spacial score (nSPS) is 11.6. The van der Waals surface area contributed by atoms with Gasteiger partial charge in [0.05, 0.1) is 0 Å². The lowest BCUT2D eigenvalue weighted by Crippen LogP contribution is -2.10. The van der Waals surface area contributed by atoms with E-state index in [0.717, 1.165) is 55.3 Å². The Morgan fingerprint density at radius 1 is 0.380 bits per heavy atom.